The highest BCUT2D eigenvalue weighted by Gasteiger charge is 2.46. The summed E-state index contributed by atoms with van der Waals surface area (Å²) in [6.07, 6.45) is 2.95. The maximum Gasteiger partial charge on any atom is 0.414 e. The average Bonchev–Trinajstić information content (AvgIpc) is 3.09. The molecular weight excluding hydrogens is 460 g/mol. The van der Waals surface area contributed by atoms with Crippen molar-refractivity contribution in [3.8, 4) is 0 Å². The molecule has 6 nitrogen and oxygen atoms in total. The third-order valence-corrected chi connectivity index (χ3v) is 13.3. The molecule has 0 unspecified atom stereocenters. The Kier molecular flexibility index (Phi) is 9.74. The van der Waals surface area contributed by atoms with Crippen LogP contribution in [0.5, 0.6) is 0 Å². The van der Waals surface area contributed by atoms with Gasteiger partial charge in [0.2, 0.25) is 22.5 Å². The number of ether oxygens (including phenoxy) is 1. The average molecular weight is 505 g/mol. The molecule has 0 saturated carbocycles. The number of carbonyl (C=O) groups excluding carboxylic acids is 1. The number of amides is 1. The number of carbonyl (C=O) groups is 1. The standard InChI is InChI=1S/C26H44N2O4Si2/c1-19(2)34(20(3)4,21(5)6)31-22(7)16-27-25(32-33(8,9)10)17-28-24(18-30-26(28)29)23-14-12-11-13-15-23/h11-17,19-22,24H,18H2,1-10H3/b25-17-,27-16+/t22-,24+/m0/s1. The van der Waals surface area contributed by atoms with Gasteiger partial charge in [0.1, 0.15) is 6.61 Å². The molecule has 2 atom stereocenters. The molecule has 0 N–H and O–H groups in total. The van der Waals surface area contributed by atoms with Gasteiger partial charge in [-0.25, -0.2) is 9.79 Å². The molecule has 1 saturated heterocycles. The lowest BCUT2D eigenvalue weighted by Crippen LogP contribution is -2.50. The molecule has 0 aliphatic carbocycles. The van der Waals surface area contributed by atoms with Crippen molar-refractivity contribution in [1.29, 1.82) is 0 Å². The van der Waals surface area contributed by atoms with Crippen molar-refractivity contribution in [2.24, 2.45) is 4.99 Å². The molecule has 1 aliphatic heterocycles. The maximum absolute atomic E-state index is 12.6. The zero-order chi connectivity index (χ0) is 25.7. The topological polar surface area (TPSA) is 60.4 Å². The molecule has 8 heteroatoms. The van der Waals surface area contributed by atoms with Crippen LogP contribution in [0.4, 0.5) is 4.79 Å². The number of benzene rings is 1. The van der Waals surface area contributed by atoms with Crippen molar-refractivity contribution >= 4 is 28.9 Å². The molecule has 34 heavy (non-hydrogen) atoms. The van der Waals surface area contributed by atoms with Crippen LogP contribution < -0.4 is 0 Å². The van der Waals surface area contributed by atoms with Crippen LogP contribution in [0.1, 0.15) is 60.1 Å². The van der Waals surface area contributed by atoms with Gasteiger partial charge < -0.3 is 13.6 Å². The Morgan fingerprint density at radius 3 is 2.09 bits per heavy atom. The lowest BCUT2D eigenvalue weighted by atomic mass is 10.1. The minimum absolute atomic E-state index is 0.164. The predicted octanol–water partition coefficient (Wildman–Crippen LogP) is 7.48. The van der Waals surface area contributed by atoms with E-state index in [9.17, 15) is 4.79 Å². The first-order chi connectivity index (χ1) is 15.8. The fourth-order valence-electron chi connectivity index (χ4n) is 4.96. The lowest BCUT2D eigenvalue weighted by molar-refractivity contribution is 0.165. The van der Waals surface area contributed by atoms with Gasteiger partial charge in [0.15, 0.2) is 0 Å². The third-order valence-electron chi connectivity index (χ3n) is 6.26. The van der Waals surface area contributed by atoms with E-state index in [2.05, 4.69) is 61.2 Å². The molecule has 2 rings (SSSR count). The van der Waals surface area contributed by atoms with E-state index in [1.54, 1.807) is 11.1 Å². The van der Waals surface area contributed by atoms with Crippen LogP contribution >= 0.6 is 0 Å². The van der Waals surface area contributed by atoms with E-state index < -0.39 is 22.7 Å². The monoisotopic (exact) mass is 504 g/mol. The van der Waals surface area contributed by atoms with Gasteiger partial charge in [0.05, 0.1) is 18.3 Å². The van der Waals surface area contributed by atoms with Gasteiger partial charge in [-0.1, -0.05) is 71.9 Å². The highest BCUT2D eigenvalue weighted by atomic mass is 28.4. The van der Waals surface area contributed by atoms with E-state index in [1.807, 2.05) is 43.5 Å². The summed E-state index contributed by atoms with van der Waals surface area (Å²) in [4.78, 5) is 18.8. The first kappa shape index (κ1) is 28.3. The lowest BCUT2D eigenvalue weighted by Gasteiger charge is -2.43. The Morgan fingerprint density at radius 2 is 1.59 bits per heavy atom. The Labute approximate surface area is 208 Å². The molecule has 0 spiro atoms. The normalized spacial score (nSPS) is 19.0. The smallest absolute Gasteiger partial charge is 0.414 e. The van der Waals surface area contributed by atoms with Crippen LogP contribution in [0.3, 0.4) is 0 Å². The number of rotatable bonds is 11. The van der Waals surface area contributed by atoms with Crippen molar-refractivity contribution in [2.75, 3.05) is 6.61 Å². The summed E-state index contributed by atoms with van der Waals surface area (Å²) in [6, 6.07) is 9.68. The summed E-state index contributed by atoms with van der Waals surface area (Å²) in [7, 11) is -4.02. The molecule has 1 heterocycles. The molecule has 0 bridgehead atoms. The van der Waals surface area contributed by atoms with Gasteiger partial charge in [-0.15, -0.1) is 0 Å². The van der Waals surface area contributed by atoms with Crippen LogP contribution in [-0.2, 0) is 13.6 Å². The largest absolute Gasteiger partial charge is 0.530 e. The van der Waals surface area contributed by atoms with E-state index in [0.29, 0.717) is 29.1 Å². The Balaban J connectivity index is 2.34. The molecule has 0 radical (unpaired) electrons. The number of cyclic esters (lactones) is 1. The predicted molar refractivity (Wildman–Crippen MR) is 145 cm³/mol. The number of aliphatic imine (C=N–C) groups is 1. The highest BCUT2D eigenvalue weighted by Crippen LogP contribution is 2.42. The zero-order valence-electron chi connectivity index (χ0n) is 22.7. The summed E-state index contributed by atoms with van der Waals surface area (Å²) in [6.45, 7) is 22.3. The third kappa shape index (κ3) is 7.05. The molecule has 1 aromatic carbocycles. The Morgan fingerprint density at radius 1 is 1.03 bits per heavy atom. The second-order valence-electron chi connectivity index (χ2n) is 11.0. The summed E-state index contributed by atoms with van der Waals surface area (Å²) >= 11 is 0. The summed E-state index contributed by atoms with van der Waals surface area (Å²) < 4.78 is 18.4. The van der Waals surface area contributed by atoms with E-state index in [-0.39, 0.29) is 12.1 Å². The molecule has 1 amide bonds. The molecule has 1 aromatic rings. The van der Waals surface area contributed by atoms with Gasteiger partial charge in [0.25, 0.3) is 0 Å². The SMILES string of the molecule is CC(C)[Si](O[C@@H](C)/C=N/C(=C/N1C(=O)OC[C@@H]1c1ccccc1)O[Si](C)(C)C)(C(C)C)C(C)C. The van der Waals surface area contributed by atoms with Crippen LogP contribution in [-0.4, -0.2) is 46.6 Å². The van der Waals surface area contributed by atoms with Gasteiger partial charge >= 0.3 is 6.09 Å². The van der Waals surface area contributed by atoms with Crippen LogP contribution in [0.2, 0.25) is 36.3 Å². The molecule has 0 aromatic heterocycles. The van der Waals surface area contributed by atoms with Gasteiger partial charge in [-0.05, 0) is 48.8 Å². The molecule has 1 fully saturated rings. The Bertz CT molecular complexity index is 842. The molecule has 190 valence electrons. The first-order valence-corrected chi connectivity index (χ1v) is 18.0. The van der Waals surface area contributed by atoms with Crippen LogP contribution in [0.25, 0.3) is 0 Å². The number of nitrogens with zero attached hydrogens (tertiary/aromatic N) is 2. The fourth-order valence-corrected chi connectivity index (χ4v) is 11.2. The van der Waals surface area contributed by atoms with Crippen molar-refractivity contribution in [1.82, 2.24) is 4.90 Å². The fraction of sp³-hybridized carbons (Fsp3) is 0.615. The van der Waals surface area contributed by atoms with E-state index in [4.69, 9.17) is 18.6 Å². The minimum Gasteiger partial charge on any atom is -0.530 e. The summed E-state index contributed by atoms with van der Waals surface area (Å²) in [5, 5.41) is 0. The second kappa shape index (κ2) is 11.7. The van der Waals surface area contributed by atoms with E-state index in [0.717, 1.165) is 5.56 Å². The second-order valence-corrected chi connectivity index (χ2v) is 20.8. The zero-order valence-corrected chi connectivity index (χ0v) is 24.7. The number of hydrogen-bond donors (Lipinski definition) is 0. The van der Waals surface area contributed by atoms with Crippen molar-refractivity contribution in [3.05, 3.63) is 48.0 Å². The van der Waals surface area contributed by atoms with Gasteiger partial charge in [0, 0.05) is 6.21 Å². The van der Waals surface area contributed by atoms with E-state index in [1.165, 1.54) is 0 Å². The first-order valence-electron chi connectivity index (χ1n) is 12.4. The van der Waals surface area contributed by atoms with E-state index >= 15 is 0 Å². The van der Waals surface area contributed by atoms with Crippen molar-refractivity contribution in [3.63, 3.8) is 0 Å². The Hall–Kier alpha value is -1.91. The van der Waals surface area contributed by atoms with Crippen molar-refractivity contribution in [2.45, 2.75) is 96.9 Å². The highest BCUT2D eigenvalue weighted by molar-refractivity contribution is 6.77. The maximum atomic E-state index is 12.6. The van der Waals surface area contributed by atoms with Crippen LogP contribution in [0.15, 0.2) is 47.4 Å². The molecular formula is C26H44N2O4Si2. The van der Waals surface area contributed by atoms with Gasteiger partial charge in [-0.3, -0.25) is 4.90 Å². The summed E-state index contributed by atoms with van der Waals surface area (Å²) in [5.41, 5.74) is 2.48. The van der Waals surface area contributed by atoms with Crippen LogP contribution in [0, 0.1) is 0 Å². The van der Waals surface area contributed by atoms with Crippen molar-refractivity contribution < 1.29 is 18.4 Å². The van der Waals surface area contributed by atoms with Gasteiger partial charge in [-0.2, -0.15) is 0 Å². The molecule has 1 aliphatic rings. The summed E-state index contributed by atoms with van der Waals surface area (Å²) in [5.74, 6) is 0.417. The minimum atomic E-state index is -2.04. The number of hydrogen-bond acceptors (Lipinski definition) is 5. The quantitative estimate of drug-likeness (QED) is 0.178.